The lowest BCUT2D eigenvalue weighted by Gasteiger charge is -2.22. The molecule has 1 heterocycles. The number of benzene rings is 2. The second-order valence-electron chi connectivity index (χ2n) is 11.6. The Bertz CT molecular complexity index is 2000. The second-order valence-corrected chi connectivity index (χ2v) is 12.1. The molecule has 0 saturated heterocycles. The van der Waals surface area contributed by atoms with Gasteiger partial charge in [0.2, 0.25) is 5.76 Å². The molecule has 0 radical (unpaired) electrons. The van der Waals surface area contributed by atoms with Crippen molar-refractivity contribution in [3.8, 4) is 11.5 Å². The summed E-state index contributed by atoms with van der Waals surface area (Å²) in [6.07, 6.45) is 11.9. The van der Waals surface area contributed by atoms with Crippen LogP contribution < -0.4 is 20.8 Å². The zero-order valence-corrected chi connectivity index (χ0v) is 28.0. The monoisotopic (exact) mass is 686 g/mol. The van der Waals surface area contributed by atoms with Gasteiger partial charge in [0, 0.05) is 22.8 Å². The number of aromatic hydroxyl groups is 1. The Morgan fingerprint density at radius 2 is 1.86 bits per heavy atom. The predicted octanol–water partition coefficient (Wildman–Crippen LogP) is 5.41. The predicted molar refractivity (Wildman–Crippen MR) is 188 cm³/mol. The number of carboxylic acid groups (broad SMARTS) is 2. The summed E-state index contributed by atoms with van der Waals surface area (Å²) in [7, 11) is 0. The molecule has 4 rings (SSSR count). The molecule has 4 N–H and O–H groups in total. The van der Waals surface area contributed by atoms with E-state index in [0.717, 1.165) is 12.8 Å². The molecule has 11 heteroatoms. The number of thiocarbonyl (C=S) groups is 1. The Hall–Kier alpha value is -5.13. The van der Waals surface area contributed by atoms with Gasteiger partial charge in [-0.2, -0.15) is 0 Å². The highest BCUT2D eigenvalue weighted by Crippen LogP contribution is 2.34. The van der Waals surface area contributed by atoms with Gasteiger partial charge in [-0.3, -0.25) is 9.59 Å². The van der Waals surface area contributed by atoms with E-state index < -0.39 is 35.1 Å². The fraction of sp³-hybridized carbons (Fsp3) is 0.289. The SMILES string of the molecule is CCCc1c(OCCCC/C=C\C=C\[C@@H](c2c(C(=O)O)oc3c(c2=O)=CCC(=S)C=3)[C@@H](O)c2cccc(C(=O)O)c2)ccc(C(C)=O)c1O. The number of phenolic OH excluding ortho intramolecular Hbond substituents is 1. The number of hydrogen-bond donors (Lipinski definition) is 4. The number of ether oxygens (including phenoxy) is 1. The van der Waals surface area contributed by atoms with Crippen molar-refractivity contribution in [2.75, 3.05) is 6.61 Å². The molecular formula is C38H38O10S. The molecule has 3 aromatic rings. The third-order valence-electron chi connectivity index (χ3n) is 8.06. The average Bonchev–Trinajstić information content (AvgIpc) is 3.06. The Balaban J connectivity index is 1.53. The number of phenols is 1. The molecule has 1 aliphatic rings. The van der Waals surface area contributed by atoms with Gasteiger partial charge in [-0.25, -0.2) is 9.59 Å². The van der Waals surface area contributed by atoms with Gasteiger partial charge in [0.1, 0.15) is 16.9 Å². The van der Waals surface area contributed by atoms with Gasteiger partial charge in [0.05, 0.1) is 34.6 Å². The van der Waals surface area contributed by atoms with Crippen molar-refractivity contribution < 1.29 is 44.0 Å². The van der Waals surface area contributed by atoms with Crippen LogP contribution in [0.15, 0.2) is 69.9 Å². The Kier molecular flexibility index (Phi) is 12.6. The van der Waals surface area contributed by atoms with Crippen molar-refractivity contribution in [1.29, 1.82) is 0 Å². The quantitative estimate of drug-likeness (QED) is 0.0657. The van der Waals surface area contributed by atoms with E-state index in [2.05, 4.69) is 0 Å². The number of hydrogen-bond acceptors (Lipinski definition) is 9. The topological polar surface area (TPSA) is 172 Å². The lowest BCUT2D eigenvalue weighted by Crippen LogP contribution is -2.45. The van der Waals surface area contributed by atoms with E-state index in [4.69, 9.17) is 21.4 Å². The molecular weight excluding hydrogens is 648 g/mol. The summed E-state index contributed by atoms with van der Waals surface area (Å²) in [5.41, 5.74) is 0.107. The second kappa shape index (κ2) is 16.8. The van der Waals surface area contributed by atoms with Crippen molar-refractivity contribution in [3.05, 3.63) is 115 Å². The summed E-state index contributed by atoms with van der Waals surface area (Å²) >= 11 is 5.20. The first kappa shape index (κ1) is 36.7. The van der Waals surface area contributed by atoms with Crippen molar-refractivity contribution in [2.24, 2.45) is 0 Å². The van der Waals surface area contributed by atoms with Crippen LogP contribution in [0.3, 0.4) is 0 Å². The number of allylic oxidation sites excluding steroid dienone is 3. The van der Waals surface area contributed by atoms with Crippen LogP contribution in [-0.2, 0) is 6.42 Å². The molecule has 0 unspecified atom stereocenters. The van der Waals surface area contributed by atoms with Gasteiger partial charge >= 0.3 is 11.9 Å². The highest BCUT2D eigenvalue weighted by molar-refractivity contribution is 7.81. The molecule has 2 atom stereocenters. The van der Waals surface area contributed by atoms with Crippen LogP contribution in [0.1, 0.15) is 106 Å². The number of carboxylic acids is 2. The van der Waals surface area contributed by atoms with Gasteiger partial charge in [-0.15, -0.1) is 0 Å². The third kappa shape index (κ3) is 8.87. The minimum atomic E-state index is -1.51. The molecule has 0 bridgehead atoms. The number of carbonyl (C=O) groups excluding carboxylic acids is 1. The smallest absolute Gasteiger partial charge is 0.372 e. The Labute approximate surface area is 288 Å². The Morgan fingerprint density at radius 1 is 1.08 bits per heavy atom. The maximum absolute atomic E-state index is 13.7. The fourth-order valence-electron chi connectivity index (χ4n) is 5.61. The van der Waals surface area contributed by atoms with E-state index in [1.165, 1.54) is 43.3 Å². The first-order valence-electron chi connectivity index (χ1n) is 15.9. The highest BCUT2D eigenvalue weighted by Gasteiger charge is 2.31. The molecule has 1 aromatic heterocycles. The summed E-state index contributed by atoms with van der Waals surface area (Å²) in [6.45, 7) is 3.78. The number of ketones is 1. The van der Waals surface area contributed by atoms with E-state index in [0.29, 0.717) is 48.5 Å². The van der Waals surface area contributed by atoms with Gasteiger partial charge in [0.15, 0.2) is 11.2 Å². The van der Waals surface area contributed by atoms with Crippen LogP contribution in [0.25, 0.3) is 12.2 Å². The maximum atomic E-state index is 13.7. The number of carbonyl (C=O) groups is 3. The molecule has 0 spiro atoms. The number of aliphatic hydroxyl groups excluding tert-OH is 1. The van der Waals surface area contributed by atoms with E-state index in [9.17, 15) is 39.6 Å². The normalized spacial score (nSPS) is 13.8. The number of aliphatic hydroxyl groups is 1. The number of rotatable bonds is 16. The Morgan fingerprint density at radius 3 is 2.55 bits per heavy atom. The summed E-state index contributed by atoms with van der Waals surface area (Å²) in [4.78, 5) is 50.0. The molecule has 1 aliphatic carbocycles. The van der Waals surface area contributed by atoms with Gasteiger partial charge < -0.3 is 29.6 Å². The minimum Gasteiger partial charge on any atom is -0.507 e. The molecule has 0 fully saturated rings. The number of aromatic carboxylic acids is 2. The summed E-state index contributed by atoms with van der Waals surface area (Å²) < 4.78 is 11.6. The molecule has 49 heavy (non-hydrogen) atoms. The van der Waals surface area contributed by atoms with Crippen LogP contribution in [0.2, 0.25) is 0 Å². The molecule has 0 amide bonds. The van der Waals surface area contributed by atoms with Gasteiger partial charge in [-0.05, 0) is 68.5 Å². The highest BCUT2D eigenvalue weighted by atomic mass is 32.1. The zero-order valence-electron chi connectivity index (χ0n) is 27.2. The molecule has 2 aromatic carbocycles. The summed E-state index contributed by atoms with van der Waals surface area (Å²) in [5, 5.41) is 41.7. The maximum Gasteiger partial charge on any atom is 0.372 e. The molecule has 0 saturated carbocycles. The first-order chi connectivity index (χ1) is 23.4. The number of fused-ring (bicyclic) bond motifs is 1. The zero-order chi connectivity index (χ0) is 35.7. The lowest BCUT2D eigenvalue weighted by molar-refractivity contribution is 0.0649. The minimum absolute atomic E-state index is 0.0304. The lowest BCUT2D eigenvalue weighted by atomic mass is 9.86. The average molecular weight is 687 g/mol. The van der Waals surface area contributed by atoms with Crippen LogP contribution in [0, 0.1) is 0 Å². The number of unbranched alkanes of at least 4 members (excludes halogenated alkanes) is 2. The van der Waals surface area contributed by atoms with E-state index in [1.807, 2.05) is 13.0 Å². The van der Waals surface area contributed by atoms with E-state index in [-0.39, 0.29) is 44.4 Å². The standard InChI is InChI=1S/C38H38O10S/c1-3-11-27-30(18-17-26(22(2)39)34(27)41)47-19-9-7-5-4-6-8-14-29(33(40)23-12-10-13-24(20-23)37(43)44)32-35(42)28-16-15-25(49)21-31(28)48-36(32)38(45)46/h4,6,8,10,12-14,16-18,20-21,29,33,40-41H,3,5,7,9,11,15,19H2,1-2H3,(H,43,44)(H,45,46)/b6-4-,14-8+/t29-,33-/m0/s1. The molecule has 0 aliphatic heterocycles. The van der Waals surface area contributed by atoms with Crippen LogP contribution in [0.4, 0.5) is 0 Å². The van der Waals surface area contributed by atoms with Gasteiger partial charge in [0.25, 0.3) is 0 Å². The van der Waals surface area contributed by atoms with Crippen LogP contribution >= 0.6 is 12.2 Å². The van der Waals surface area contributed by atoms with Crippen molar-refractivity contribution in [2.45, 2.75) is 64.4 Å². The van der Waals surface area contributed by atoms with Crippen LogP contribution in [0.5, 0.6) is 11.5 Å². The number of Topliss-reactive ketones (excluding diaryl/α,β-unsaturated/α-hetero) is 1. The fourth-order valence-corrected chi connectivity index (χ4v) is 5.80. The van der Waals surface area contributed by atoms with Crippen molar-refractivity contribution in [3.63, 3.8) is 0 Å². The van der Waals surface area contributed by atoms with Crippen molar-refractivity contribution in [1.82, 2.24) is 0 Å². The van der Waals surface area contributed by atoms with E-state index in [1.54, 1.807) is 30.4 Å². The summed E-state index contributed by atoms with van der Waals surface area (Å²) in [5.74, 6) is -4.27. The third-order valence-corrected chi connectivity index (χ3v) is 8.35. The largest absolute Gasteiger partial charge is 0.507 e. The van der Waals surface area contributed by atoms with Gasteiger partial charge in [-0.1, -0.05) is 68.1 Å². The van der Waals surface area contributed by atoms with Crippen LogP contribution in [-0.4, -0.2) is 49.6 Å². The first-order valence-corrected chi connectivity index (χ1v) is 16.3. The molecule has 10 nitrogen and oxygen atoms in total. The van der Waals surface area contributed by atoms with Crippen molar-refractivity contribution >= 4 is 47.0 Å². The summed E-state index contributed by atoms with van der Waals surface area (Å²) in [6, 6.07) is 8.86. The molecule has 256 valence electrons. The van der Waals surface area contributed by atoms with E-state index >= 15 is 0 Å².